The van der Waals surface area contributed by atoms with Crippen LogP contribution >= 0.6 is 22.7 Å². The topological polar surface area (TPSA) is 38.7 Å². The molecule has 2 heterocycles. The second-order valence-electron chi connectivity index (χ2n) is 7.76. The molecule has 0 amide bonds. The van der Waals surface area contributed by atoms with Gasteiger partial charge in [-0.05, 0) is 5.92 Å². The van der Waals surface area contributed by atoms with E-state index in [9.17, 15) is 0 Å². The molecular formula is C18H31N3S2. The number of hydrogen-bond acceptors (Lipinski definition) is 5. The molecule has 0 radical (unpaired) electrons. The minimum Gasteiger partial charge on any atom is -0.249 e. The third kappa shape index (κ3) is 6.30. The van der Waals surface area contributed by atoms with Crippen molar-refractivity contribution in [2.75, 3.05) is 0 Å². The molecule has 0 unspecified atom stereocenters. The first-order chi connectivity index (χ1) is 10.5. The smallest absolute Gasteiger partial charge is 0.122 e. The van der Waals surface area contributed by atoms with Gasteiger partial charge in [0.1, 0.15) is 10.0 Å². The lowest BCUT2D eigenvalue weighted by atomic mass is 9.98. The number of thiazole rings is 1. The molecule has 0 saturated heterocycles. The van der Waals surface area contributed by atoms with Gasteiger partial charge in [0.2, 0.25) is 0 Å². The Labute approximate surface area is 149 Å². The molecule has 0 aromatic carbocycles. The van der Waals surface area contributed by atoms with Crippen molar-refractivity contribution in [3.8, 4) is 0 Å². The number of hydrogen-bond donors (Lipinski definition) is 0. The third-order valence-corrected chi connectivity index (χ3v) is 6.43. The van der Waals surface area contributed by atoms with Gasteiger partial charge in [0.25, 0.3) is 0 Å². The van der Waals surface area contributed by atoms with Crippen molar-refractivity contribution >= 4 is 22.7 Å². The van der Waals surface area contributed by atoms with E-state index in [1.165, 1.54) is 9.88 Å². The summed E-state index contributed by atoms with van der Waals surface area (Å²) >= 11 is 3.56. The van der Waals surface area contributed by atoms with Crippen LogP contribution in [0.1, 0.15) is 100.0 Å². The summed E-state index contributed by atoms with van der Waals surface area (Å²) in [5.41, 5.74) is 0.144. The zero-order valence-electron chi connectivity index (χ0n) is 16.0. The molecule has 0 atom stereocenters. The summed E-state index contributed by atoms with van der Waals surface area (Å²) in [7, 11) is 0. The highest BCUT2D eigenvalue weighted by atomic mass is 32.1. The van der Waals surface area contributed by atoms with Gasteiger partial charge in [0.05, 0.1) is 5.01 Å². The SMILES string of the molecule is CC(C)c1cnc(C(C)C)s1.CC(C)c1nnc(C(C)(C)C)s1. The molecule has 0 bridgehead atoms. The van der Waals surface area contributed by atoms with Gasteiger partial charge in [0, 0.05) is 28.3 Å². The third-order valence-electron chi connectivity index (χ3n) is 3.18. The van der Waals surface area contributed by atoms with Crippen molar-refractivity contribution in [1.82, 2.24) is 15.2 Å². The van der Waals surface area contributed by atoms with Crippen molar-refractivity contribution in [2.45, 2.75) is 85.5 Å². The molecule has 3 nitrogen and oxygen atoms in total. The second-order valence-corrected chi connectivity index (χ2v) is 9.86. The molecule has 2 aromatic rings. The van der Waals surface area contributed by atoms with Crippen LogP contribution in [0.5, 0.6) is 0 Å². The molecule has 0 aliphatic carbocycles. The standard InChI is InChI=1S/C9H16N2S.C9H15NS/c1-6(2)7-10-11-8(12-7)9(3,4)5;1-6(2)8-5-10-9(11-8)7(3)4/h6H,1-5H3;5-7H,1-4H3. The summed E-state index contributed by atoms with van der Waals surface area (Å²) in [6.45, 7) is 19.6. The van der Waals surface area contributed by atoms with Crippen LogP contribution in [0.15, 0.2) is 6.20 Å². The van der Waals surface area contributed by atoms with Crippen molar-refractivity contribution in [2.24, 2.45) is 0 Å². The van der Waals surface area contributed by atoms with Gasteiger partial charge in [-0.25, -0.2) is 4.98 Å². The maximum atomic E-state index is 4.36. The fraction of sp³-hybridized carbons (Fsp3) is 0.722. The summed E-state index contributed by atoms with van der Waals surface area (Å²) in [6.07, 6.45) is 2.00. The number of rotatable bonds is 3. The van der Waals surface area contributed by atoms with Gasteiger partial charge < -0.3 is 0 Å². The number of nitrogens with zero attached hydrogens (tertiary/aromatic N) is 3. The first kappa shape index (κ1) is 20.2. The molecular weight excluding hydrogens is 322 g/mol. The Balaban J connectivity index is 0.000000231. The summed E-state index contributed by atoms with van der Waals surface area (Å²) in [5, 5.41) is 11.9. The Morgan fingerprint density at radius 2 is 1.35 bits per heavy atom. The monoisotopic (exact) mass is 353 g/mol. The molecule has 0 aliphatic heterocycles. The van der Waals surface area contributed by atoms with Crippen LogP contribution in [0.2, 0.25) is 0 Å². The first-order valence-electron chi connectivity index (χ1n) is 8.31. The van der Waals surface area contributed by atoms with Gasteiger partial charge in [-0.2, -0.15) is 0 Å². The van der Waals surface area contributed by atoms with Crippen LogP contribution in [-0.4, -0.2) is 15.2 Å². The van der Waals surface area contributed by atoms with E-state index in [1.807, 2.05) is 17.5 Å². The Morgan fingerprint density at radius 1 is 0.783 bits per heavy atom. The van der Waals surface area contributed by atoms with Crippen LogP contribution in [0.25, 0.3) is 0 Å². The van der Waals surface area contributed by atoms with Crippen molar-refractivity contribution in [1.29, 1.82) is 0 Å². The average Bonchev–Trinajstić information content (AvgIpc) is 3.08. The zero-order valence-corrected chi connectivity index (χ0v) is 17.6. The molecule has 0 fully saturated rings. The van der Waals surface area contributed by atoms with Gasteiger partial charge >= 0.3 is 0 Å². The molecule has 0 aliphatic rings. The lowest BCUT2D eigenvalue weighted by Gasteiger charge is -2.12. The molecule has 0 saturated carbocycles. The second kappa shape index (κ2) is 8.34. The Morgan fingerprint density at radius 3 is 1.61 bits per heavy atom. The lowest BCUT2D eigenvalue weighted by Crippen LogP contribution is -2.10. The van der Waals surface area contributed by atoms with Gasteiger partial charge in [0.15, 0.2) is 0 Å². The summed E-state index contributed by atoms with van der Waals surface area (Å²) < 4.78 is 0. The van der Waals surface area contributed by atoms with E-state index in [4.69, 9.17) is 0 Å². The van der Waals surface area contributed by atoms with Gasteiger partial charge in [-0.3, -0.25) is 0 Å². The summed E-state index contributed by atoms with van der Waals surface area (Å²) in [4.78, 5) is 5.75. The zero-order chi connectivity index (χ0) is 17.8. The van der Waals surface area contributed by atoms with Crippen molar-refractivity contribution in [3.63, 3.8) is 0 Å². The minimum atomic E-state index is 0.144. The van der Waals surface area contributed by atoms with E-state index < -0.39 is 0 Å². The average molecular weight is 354 g/mol. The van der Waals surface area contributed by atoms with Crippen molar-refractivity contribution < 1.29 is 0 Å². The maximum absolute atomic E-state index is 4.36. The number of aromatic nitrogens is 3. The molecule has 0 spiro atoms. The quantitative estimate of drug-likeness (QED) is 0.645. The maximum Gasteiger partial charge on any atom is 0.122 e. The summed E-state index contributed by atoms with van der Waals surface area (Å²) in [5.74, 6) is 1.70. The molecule has 23 heavy (non-hydrogen) atoms. The summed E-state index contributed by atoms with van der Waals surface area (Å²) in [6, 6.07) is 0. The van der Waals surface area contributed by atoms with Crippen LogP contribution < -0.4 is 0 Å². The Hall–Kier alpha value is -0.810. The predicted molar refractivity (Wildman–Crippen MR) is 103 cm³/mol. The fourth-order valence-electron chi connectivity index (χ4n) is 1.61. The Bertz CT molecular complexity index is 567. The largest absolute Gasteiger partial charge is 0.249 e. The van der Waals surface area contributed by atoms with E-state index >= 15 is 0 Å². The van der Waals surface area contributed by atoms with E-state index in [0.717, 1.165) is 10.0 Å². The highest BCUT2D eigenvalue weighted by molar-refractivity contribution is 7.11. The van der Waals surface area contributed by atoms with E-state index in [2.05, 4.69) is 77.5 Å². The van der Waals surface area contributed by atoms with E-state index in [0.29, 0.717) is 17.8 Å². The van der Waals surface area contributed by atoms with Gasteiger partial charge in [-0.15, -0.1) is 32.9 Å². The predicted octanol–water partition coefficient (Wildman–Crippen LogP) is 6.35. The van der Waals surface area contributed by atoms with E-state index in [-0.39, 0.29) is 5.41 Å². The Kier molecular flexibility index (Phi) is 7.33. The van der Waals surface area contributed by atoms with Crippen LogP contribution in [0.3, 0.4) is 0 Å². The first-order valence-corrected chi connectivity index (χ1v) is 9.95. The fourth-order valence-corrected chi connectivity index (χ4v) is 3.43. The van der Waals surface area contributed by atoms with Crippen LogP contribution in [-0.2, 0) is 5.41 Å². The van der Waals surface area contributed by atoms with Gasteiger partial charge in [-0.1, -0.05) is 62.3 Å². The normalized spacial score (nSPS) is 12.0. The molecule has 0 N–H and O–H groups in total. The lowest BCUT2D eigenvalue weighted by molar-refractivity contribution is 0.577. The van der Waals surface area contributed by atoms with E-state index in [1.54, 1.807) is 11.3 Å². The highest BCUT2D eigenvalue weighted by Crippen LogP contribution is 2.28. The minimum absolute atomic E-state index is 0.144. The molecule has 2 rings (SSSR count). The molecule has 130 valence electrons. The van der Waals surface area contributed by atoms with Crippen LogP contribution in [0.4, 0.5) is 0 Å². The molecule has 2 aromatic heterocycles. The van der Waals surface area contributed by atoms with Crippen LogP contribution in [0, 0.1) is 0 Å². The highest BCUT2D eigenvalue weighted by Gasteiger charge is 2.19. The molecule has 5 heteroatoms. The van der Waals surface area contributed by atoms with Crippen molar-refractivity contribution in [3.05, 3.63) is 26.1 Å².